The molecule has 0 unspecified atom stereocenters. The van der Waals surface area contributed by atoms with Crippen molar-refractivity contribution in [2.75, 3.05) is 23.3 Å². The summed E-state index contributed by atoms with van der Waals surface area (Å²) in [6, 6.07) is 21.8. The number of nitrogens with one attached hydrogen (secondary N) is 3. The van der Waals surface area contributed by atoms with E-state index in [1.807, 2.05) is 24.3 Å². The highest BCUT2D eigenvalue weighted by Gasteiger charge is 2.18. The van der Waals surface area contributed by atoms with Crippen LogP contribution < -0.4 is 10.2 Å². The summed E-state index contributed by atoms with van der Waals surface area (Å²) >= 11 is 0. The molecular weight excluding hydrogens is 486 g/mol. The Balaban J connectivity index is 1.22. The molecule has 0 saturated carbocycles. The minimum Gasteiger partial charge on any atom is -0.371 e. The Labute approximate surface area is 225 Å². The van der Waals surface area contributed by atoms with E-state index in [-0.39, 0.29) is 5.91 Å². The number of carbonyl (C=O) groups is 1. The van der Waals surface area contributed by atoms with Gasteiger partial charge in [0.15, 0.2) is 5.65 Å². The Morgan fingerprint density at radius 1 is 0.846 bits per heavy atom. The number of aromatic nitrogens is 5. The Hall–Kier alpha value is -4.98. The predicted molar refractivity (Wildman–Crippen MR) is 155 cm³/mol. The zero-order valence-electron chi connectivity index (χ0n) is 21.3. The summed E-state index contributed by atoms with van der Waals surface area (Å²) in [7, 11) is 0. The maximum atomic E-state index is 12.6. The maximum absolute atomic E-state index is 12.6. The quantitative estimate of drug-likeness (QED) is 0.247. The number of pyridine rings is 2. The Kier molecular flexibility index (Phi) is 5.77. The van der Waals surface area contributed by atoms with Crippen molar-refractivity contribution in [1.29, 1.82) is 0 Å². The van der Waals surface area contributed by atoms with Crippen LogP contribution in [0.2, 0.25) is 0 Å². The Morgan fingerprint density at radius 3 is 2.56 bits per heavy atom. The number of fused-ring (bicyclic) bond motifs is 2. The minimum absolute atomic E-state index is 0.178. The van der Waals surface area contributed by atoms with Crippen LogP contribution in [0.5, 0.6) is 0 Å². The summed E-state index contributed by atoms with van der Waals surface area (Å²) in [5.41, 5.74) is 7.84. The van der Waals surface area contributed by atoms with Gasteiger partial charge in [0, 0.05) is 64.2 Å². The lowest BCUT2D eigenvalue weighted by Gasteiger charge is -2.29. The van der Waals surface area contributed by atoms with Gasteiger partial charge in [-0.2, -0.15) is 5.10 Å². The summed E-state index contributed by atoms with van der Waals surface area (Å²) in [6.45, 7) is 2.19. The van der Waals surface area contributed by atoms with Crippen LogP contribution in [-0.4, -0.2) is 44.1 Å². The predicted octanol–water partition coefficient (Wildman–Crippen LogP) is 6.41. The van der Waals surface area contributed by atoms with Crippen molar-refractivity contribution in [1.82, 2.24) is 25.1 Å². The molecule has 1 fully saturated rings. The van der Waals surface area contributed by atoms with Gasteiger partial charge in [-0.1, -0.05) is 24.3 Å². The molecule has 0 atom stereocenters. The summed E-state index contributed by atoms with van der Waals surface area (Å²) in [4.78, 5) is 27.7. The molecule has 0 aliphatic carbocycles. The van der Waals surface area contributed by atoms with Crippen LogP contribution in [0.3, 0.4) is 0 Å². The minimum atomic E-state index is -0.178. The van der Waals surface area contributed by atoms with Gasteiger partial charge in [0.25, 0.3) is 5.91 Å². The van der Waals surface area contributed by atoms with E-state index in [2.05, 4.69) is 65.7 Å². The molecule has 39 heavy (non-hydrogen) atoms. The van der Waals surface area contributed by atoms with Crippen molar-refractivity contribution >= 4 is 39.2 Å². The molecular formula is C31H27N7O. The second kappa shape index (κ2) is 9.72. The first-order valence-corrected chi connectivity index (χ1v) is 13.3. The molecule has 1 saturated heterocycles. The van der Waals surface area contributed by atoms with Crippen LogP contribution in [-0.2, 0) is 0 Å². The molecule has 1 amide bonds. The lowest BCUT2D eigenvalue weighted by molar-refractivity contribution is 0.102. The third kappa shape index (κ3) is 4.40. The van der Waals surface area contributed by atoms with Gasteiger partial charge < -0.3 is 15.2 Å². The molecule has 1 aliphatic rings. The van der Waals surface area contributed by atoms with Crippen molar-refractivity contribution < 1.29 is 4.79 Å². The number of anilines is 2. The number of aromatic amines is 2. The summed E-state index contributed by atoms with van der Waals surface area (Å²) in [5.74, 6) is -0.178. The smallest absolute Gasteiger partial charge is 0.255 e. The van der Waals surface area contributed by atoms with Gasteiger partial charge in [0.05, 0.1) is 23.3 Å². The molecule has 5 heterocycles. The normalized spacial score (nSPS) is 13.7. The van der Waals surface area contributed by atoms with E-state index in [0.717, 1.165) is 46.5 Å². The lowest BCUT2D eigenvalue weighted by Crippen LogP contribution is -2.29. The molecule has 192 valence electrons. The average molecular weight is 514 g/mol. The fourth-order valence-electron chi connectivity index (χ4n) is 5.41. The van der Waals surface area contributed by atoms with Gasteiger partial charge >= 0.3 is 0 Å². The van der Waals surface area contributed by atoms with Gasteiger partial charge in [0.1, 0.15) is 0 Å². The van der Waals surface area contributed by atoms with Gasteiger partial charge in [-0.05, 0) is 61.7 Å². The number of rotatable bonds is 5. The lowest BCUT2D eigenvalue weighted by atomic mass is 10.1. The van der Waals surface area contributed by atoms with E-state index in [4.69, 9.17) is 0 Å². The largest absolute Gasteiger partial charge is 0.371 e. The second-order valence-electron chi connectivity index (χ2n) is 9.95. The standard InChI is InChI=1S/C31H27N7O/c39-31(20-8-3-1-4-9-20)34-23-14-21(17-32-19-23)22-15-25-29(36-37-30(25)33-18-22)27-16-24-26(35-27)10-7-11-28(24)38-12-5-2-6-13-38/h1,3-4,7-11,14-19,35H,2,5-6,12-13H2,(H,34,39)(H,33,36,37). The van der Waals surface area contributed by atoms with E-state index in [9.17, 15) is 4.79 Å². The molecule has 7 rings (SSSR count). The molecule has 2 aromatic carbocycles. The topological polar surface area (TPSA) is 103 Å². The van der Waals surface area contributed by atoms with E-state index in [1.165, 1.54) is 30.3 Å². The monoisotopic (exact) mass is 513 g/mol. The number of carbonyl (C=O) groups excluding carboxylic acids is 1. The van der Waals surface area contributed by atoms with E-state index < -0.39 is 0 Å². The zero-order valence-corrected chi connectivity index (χ0v) is 21.3. The highest BCUT2D eigenvalue weighted by molar-refractivity contribution is 6.04. The highest BCUT2D eigenvalue weighted by atomic mass is 16.1. The van der Waals surface area contributed by atoms with Crippen LogP contribution in [0.1, 0.15) is 29.6 Å². The summed E-state index contributed by atoms with van der Waals surface area (Å²) in [5, 5.41) is 12.7. The van der Waals surface area contributed by atoms with Crippen molar-refractivity contribution in [2.45, 2.75) is 19.3 Å². The first-order valence-electron chi connectivity index (χ1n) is 13.3. The van der Waals surface area contributed by atoms with Gasteiger partial charge in [-0.3, -0.25) is 14.9 Å². The van der Waals surface area contributed by atoms with Crippen LogP contribution in [0.15, 0.2) is 85.3 Å². The molecule has 0 spiro atoms. The van der Waals surface area contributed by atoms with Gasteiger partial charge in [-0.15, -0.1) is 0 Å². The SMILES string of the molecule is O=C(Nc1cncc(-c2cnc3n[nH]c(-c4cc5c(N6CCCCC6)cccc5[nH]4)c3c2)c1)c1ccccc1. The van der Waals surface area contributed by atoms with E-state index in [1.54, 1.807) is 30.7 Å². The number of amides is 1. The van der Waals surface area contributed by atoms with Crippen LogP contribution in [0.4, 0.5) is 11.4 Å². The number of nitrogens with zero attached hydrogens (tertiary/aromatic N) is 4. The highest BCUT2D eigenvalue weighted by Crippen LogP contribution is 2.35. The first kappa shape index (κ1) is 23.2. The van der Waals surface area contributed by atoms with Gasteiger partial charge in [-0.25, -0.2) is 4.98 Å². The number of hydrogen-bond acceptors (Lipinski definition) is 5. The number of benzene rings is 2. The summed E-state index contributed by atoms with van der Waals surface area (Å²) in [6.07, 6.45) is 8.97. The molecule has 8 heteroatoms. The van der Waals surface area contributed by atoms with Crippen molar-refractivity contribution in [3.05, 3.63) is 90.9 Å². The summed E-state index contributed by atoms with van der Waals surface area (Å²) < 4.78 is 0. The van der Waals surface area contributed by atoms with Gasteiger partial charge in [0.2, 0.25) is 0 Å². The van der Waals surface area contributed by atoms with Crippen LogP contribution in [0.25, 0.3) is 44.5 Å². The third-order valence-corrected chi connectivity index (χ3v) is 7.38. The zero-order chi connectivity index (χ0) is 26.2. The van der Waals surface area contributed by atoms with Crippen molar-refractivity contribution in [3.8, 4) is 22.5 Å². The van der Waals surface area contributed by atoms with Crippen LogP contribution >= 0.6 is 0 Å². The first-order chi connectivity index (χ1) is 19.2. The second-order valence-corrected chi connectivity index (χ2v) is 9.95. The molecule has 6 aromatic rings. The molecule has 1 aliphatic heterocycles. The number of hydrogen-bond donors (Lipinski definition) is 3. The van der Waals surface area contributed by atoms with Crippen molar-refractivity contribution in [3.63, 3.8) is 0 Å². The van der Waals surface area contributed by atoms with Crippen molar-refractivity contribution in [2.24, 2.45) is 0 Å². The fourth-order valence-corrected chi connectivity index (χ4v) is 5.41. The molecule has 0 bridgehead atoms. The van der Waals surface area contributed by atoms with Crippen LogP contribution in [0, 0.1) is 0 Å². The Morgan fingerprint density at radius 2 is 1.69 bits per heavy atom. The Bertz CT molecular complexity index is 1800. The molecule has 3 N–H and O–H groups in total. The number of piperidine rings is 1. The van der Waals surface area contributed by atoms with E-state index in [0.29, 0.717) is 16.9 Å². The fraction of sp³-hybridized carbons (Fsp3) is 0.161. The number of H-pyrrole nitrogens is 2. The average Bonchev–Trinajstić information content (AvgIpc) is 3.62. The third-order valence-electron chi connectivity index (χ3n) is 7.38. The molecule has 0 radical (unpaired) electrons. The maximum Gasteiger partial charge on any atom is 0.255 e. The molecule has 4 aromatic heterocycles. The molecule has 8 nitrogen and oxygen atoms in total. The van der Waals surface area contributed by atoms with E-state index >= 15 is 0 Å².